The largest absolute Gasteiger partial charge is 0.355 e. The molecule has 2 N–H and O–H groups in total. The Kier molecular flexibility index (Phi) is 7.97. The molecule has 0 radical (unpaired) electrons. The van der Waals surface area contributed by atoms with Crippen LogP contribution in [0.1, 0.15) is 11.1 Å². The molecule has 0 spiro atoms. The van der Waals surface area contributed by atoms with Crippen LogP contribution < -0.4 is 0 Å². The lowest BCUT2D eigenvalue weighted by molar-refractivity contribution is -0.134. The standard InChI is InChI=1S/C25H31N5O4S/c1-28(17-24(33-2)34-3)25(26)19-10-8-18(9-11-19)15-29-12-13-30(16-23(29)31)35(32)22-14-20-6-4-5-7-21(20)27-22/h4-11,14,24,26-27H,12-13,15-17H2,1-3H3. The number of carbonyl (C=O) groups is 1. The first-order chi connectivity index (χ1) is 16.9. The monoisotopic (exact) mass is 497 g/mol. The molecule has 0 aliphatic carbocycles. The molecule has 1 aromatic heterocycles. The van der Waals surface area contributed by atoms with Crippen molar-refractivity contribution >= 4 is 33.6 Å². The number of piperazine rings is 1. The fraction of sp³-hybridized carbons (Fsp3) is 0.360. The number of rotatable bonds is 9. The third-order valence-corrected chi connectivity index (χ3v) is 7.52. The minimum Gasteiger partial charge on any atom is -0.355 e. The topological polar surface area (TPSA) is 102 Å². The maximum absolute atomic E-state index is 13.0. The number of amidine groups is 1. The lowest BCUT2D eigenvalue weighted by atomic mass is 10.1. The highest BCUT2D eigenvalue weighted by atomic mass is 32.2. The molecule has 1 amide bonds. The predicted molar refractivity (Wildman–Crippen MR) is 135 cm³/mol. The number of ether oxygens (including phenoxy) is 2. The Balaban J connectivity index is 1.33. The van der Waals surface area contributed by atoms with Crippen molar-refractivity contribution in [1.82, 2.24) is 19.1 Å². The first kappa shape index (κ1) is 25.1. The van der Waals surface area contributed by atoms with Gasteiger partial charge in [0.25, 0.3) is 0 Å². The number of carbonyl (C=O) groups excluding carboxylic acids is 1. The van der Waals surface area contributed by atoms with Gasteiger partial charge in [-0.15, -0.1) is 0 Å². The molecule has 4 rings (SSSR count). The molecular formula is C25H31N5O4S. The van der Waals surface area contributed by atoms with E-state index in [2.05, 4.69) is 4.98 Å². The van der Waals surface area contributed by atoms with Gasteiger partial charge < -0.3 is 24.3 Å². The second kappa shape index (κ2) is 11.1. The Labute approximate surface area is 207 Å². The van der Waals surface area contributed by atoms with Gasteiger partial charge in [0, 0.05) is 57.4 Å². The molecule has 35 heavy (non-hydrogen) atoms. The van der Waals surface area contributed by atoms with Gasteiger partial charge in [0.05, 0.1) is 13.1 Å². The van der Waals surface area contributed by atoms with Crippen LogP contribution in [-0.2, 0) is 31.8 Å². The predicted octanol–water partition coefficient (Wildman–Crippen LogP) is 2.41. The molecule has 1 aliphatic heterocycles. The number of nitrogens with one attached hydrogen (secondary N) is 2. The molecular weight excluding hydrogens is 466 g/mol. The van der Waals surface area contributed by atoms with E-state index >= 15 is 0 Å². The van der Waals surface area contributed by atoms with Crippen molar-refractivity contribution in [1.29, 1.82) is 5.41 Å². The summed E-state index contributed by atoms with van der Waals surface area (Å²) in [5.74, 6) is 0.308. The van der Waals surface area contributed by atoms with Gasteiger partial charge >= 0.3 is 0 Å². The van der Waals surface area contributed by atoms with Gasteiger partial charge in [-0.1, -0.05) is 42.5 Å². The van der Waals surface area contributed by atoms with Gasteiger partial charge in [0.1, 0.15) is 21.8 Å². The van der Waals surface area contributed by atoms with Gasteiger partial charge in [-0.2, -0.15) is 0 Å². The number of aromatic nitrogens is 1. The minimum atomic E-state index is -1.42. The summed E-state index contributed by atoms with van der Waals surface area (Å²) in [6, 6.07) is 17.3. The normalized spacial score (nSPS) is 15.7. The lowest BCUT2D eigenvalue weighted by Crippen LogP contribution is -2.50. The van der Waals surface area contributed by atoms with E-state index in [4.69, 9.17) is 14.9 Å². The highest BCUT2D eigenvalue weighted by Crippen LogP contribution is 2.20. The minimum absolute atomic E-state index is 0.0533. The number of hydrogen-bond donors (Lipinski definition) is 2. The average Bonchev–Trinajstić information content (AvgIpc) is 3.32. The van der Waals surface area contributed by atoms with Gasteiger partial charge in [-0.25, -0.2) is 8.51 Å². The fourth-order valence-corrected chi connectivity index (χ4v) is 5.22. The second-order valence-electron chi connectivity index (χ2n) is 8.48. The van der Waals surface area contributed by atoms with E-state index in [9.17, 15) is 9.00 Å². The Morgan fingerprint density at radius 1 is 1.14 bits per heavy atom. The van der Waals surface area contributed by atoms with Crippen molar-refractivity contribution < 1.29 is 18.5 Å². The van der Waals surface area contributed by atoms with E-state index in [-0.39, 0.29) is 12.5 Å². The Morgan fingerprint density at radius 3 is 2.51 bits per heavy atom. The number of nitrogens with zero attached hydrogens (tertiary/aromatic N) is 3. The SMILES string of the molecule is COC(CN(C)C(=N)c1ccc(CN2CCN(S(=O)c3cc4ccccc4[nH]3)CC2=O)cc1)OC. The Morgan fingerprint density at radius 2 is 1.86 bits per heavy atom. The summed E-state index contributed by atoms with van der Waals surface area (Å²) in [7, 11) is 3.54. The van der Waals surface area contributed by atoms with Crippen molar-refractivity contribution in [2.75, 3.05) is 47.4 Å². The second-order valence-corrected chi connectivity index (χ2v) is 9.93. The molecule has 1 atom stereocenters. The molecule has 1 unspecified atom stereocenters. The van der Waals surface area contributed by atoms with E-state index in [0.717, 1.165) is 22.0 Å². The number of methoxy groups -OCH3 is 2. The molecule has 0 saturated carbocycles. The molecule has 2 aromatic carbocycles. The summed E-state index contributed by atoms with van der Waals surface area (Å²) < 4.78 is 25.2. The van der Waals surface area contributed by atoms with Crippen LogP contribution in [0.5, 0.6) is 0 Å². The number of para-hydroxylation sites is 1. The summed E-state index contributed by atoms with van der Waals surface area (Å²) >= 11 is 0. The first-order valence-electron chi connectivity index (χ1n) is 11.4. The highest BCUT2D eigenvalue weighted by Gasteiger charge is 2.28. The van der Waals surface area contributed by atoms with E-state index in [1.54, 1.807) is 28.3 Å². The van der Waals surface area contributed by atoms with Crippen molar-refractivity contribution in [3.63, 3.8) is 0 Å². The third-order valence-electron chi connectivity index (χ3n) is 6.14. The lowest BCUT2D eigenvalue weighted by Gasteiger charge is -2.33. The summed E-state index contributed by atoms with van der Waals surface area (Å²) in [5.41, 5.74) is 2.68. The van der Waals surface area contributed by atoms with Crippen LogP contribution in [0.2, 0.25) is 0 Å². The number of fused-ring (bicyclic) bond motifs is 1. The number of hydrogen-bond acceptors (Lipinski definition) is 5. The molecule has 1 saturated heterocycles. The van der Waals surface area contributed by atoms with Crippen molar-refractivity contribution in [3.8, 4) is 0 Å². The summed E-state index contributed by atoms with van der Waals surface area (Å²) in [5, 5.41) is 10.0. The van der Waals surface area contributed by atoms with E-state index < -0.39 is 17.3 Å². The van der Waals surface area contributed by atoms with E-state index in [1.807, 2.05) is 61.6 Å². The smallest absolute Gasteiger partial charge is 0.238 e. The quantitative estimate of drug-likeness (QED) is 0.269. The van der Waals surface area contributed by atoms with Gasteiger partial charge in [0.2, 0.25) is 5.91 Å². The summed E-state index contributed by atoms with van der Waals surface area (Å²) in [6.07, 6.45) is -0.408. The molecule has 2 heterocycles. The van der Waals surface area contributed by atoms with Crippen molar-refractivity contribution in [2.24, 2.45) is 0 Å². The molecule has 186 valence electrons. The first-order valence-corrected chi connectivity index (χ1v) is 12.5. The average molecular weight is 498 g/mol. The van der Waals surface area contributed by atoms with Crippen LogP contribution in [0.4, 0.5) is 0 Å². The van der Waals surface area contributed by atoms with E-state index in [0.29, 0.717) is 37.0 Å². The molecule has 0 bridgehead atoms. The maximum atomic E-state index is 13.0. The zero-order valence-electron chi connectivity index (χ0n) is 20.2. The molecule has 10 heteroatoms. The molecule has 9 nitrogen and oxygen atoms in total. The summed E-state index contributed by atoms with van der Waals surface area (Å²) in [4.78, 5) is 19.6. The highest BCUT2D eigenvalue weighted by molar-refractivity contribution is 7.82. The van der Waals surface area contributed by atoms with Crippen molar-refractivity contribution in [2.45, 2.75) is 17.9 Å². The van der Waals surface area contributed by atoms with Gasteiger partial charge in [-0.05, 0) is 17.7 Å². The summed E-state index contributed by atoms with van der Waals surface area (Å²) in [6.45, 7) is 2.05. The van der Waals surface area contributed by atoms with Crippen LogP contribution >= 0.6 is 0 Å². The number of amides is 1. The molecule has 1 fully saturated rings. The van der Waals surface area contributed by atoms with Crippen molar-refractivity contribution in [3.05, 3.63) is 65.7 Å². The molecule has 3 aromatic rings. The number of benzene rings is 2. The van der Waals surface area contributed by atoms with Crippen LogP contribution in [-0.4, -0.2) is 88.8 Å². The Bertz CT molecular complexity index is 1180. The number of aromatic amines is 1. The Hall–Kier alpha value is -3.05. The van der Waals surface area contributed by atoms with Gasteiger partial charge in [0.15, 0.2) is 6.29 Å². The van der Waals surface area contributed by atoms with Crippen LogP contribution in [0.3, 0.4) is 0 Å². The number of H-pyrrole nitrogens is 1. The molecule has 1 aliphatic rings. The zero-order chi connectivity index (χ0) is 24.9. The van der Waals surface area contributed by atoms with Crippen LogP contribution in [0, 0.1) is 5.41 Å². The van der Waals surface area contributed by atoms with Crippen LogP contribution in [0.15, 0.2) is 59.6 Å². The third kappa shape index (κ3) is 5.79. The zero-order valence-corrected chi connectivity index (χ0v) is 21.0. The van der Waals surface area contributed by atoms with Crippen LogP contribution in [0.25, 0.3) is 10.9 Å². The maximum Gasteiger partial charge on any atom is 0.238 e. The van der Waals surface area contributed by atoms with E-state index in [1.165, 1.54) is 0 Å². The number of likely N-dealkylation sites (N-methyl/N-ethyl adjacent to an activating group) is 1. The fourth-order valence-electron chi connectivity index (χ4n) is 4.04. The van der Waals surface area contributed by atoms with Gasteiger partial charge in [-0.3, -0.25) is 10.2 Å².